The van der Waals surface area contributed by atoms with Gasteiger partial charge in [0.1, 0.15) is 0 Å². The van der Waals surface area contributed by atoms with Crippen molar-refractivity contribution in [2.45, 2.75) is 57.0 Å². The maximum Gasteiger partial charge on any atom is 0.417 e. The number of hydrogen-bond acceptors (Lipinski definition) is 3. The van der Waals surface area contributed by atoms with E-state index in [1.54, 1.807) is 12.1 Å². The van der Waals surface area contributed by atoms with Gasteiger partial charge in [0.2, 0.25) is 5.91 Å². The lowest BCUT2D eigenvalue weighted by molar-refractivity contribution is -0.139. The normalized spacial score (nSPS) is 20.2. The molecule has 1 heterocycles. The lowest BCUT2D eigenvalue weighted by atomic mass is 9.83. The third-order valence-corrected chi connectivity index (χ3v) is 7.96. The minimum Gasteiger partial charge on any atom is -0.481 e. The average molecular weight is 523 g/mol. The Bertz CT molecular complexity index is 1350. The summed E-state index contributed by atoms with van der Waals surface area (Å²) in [5, 5.41) is 12.4. The summed E-state index contributed by atoms with van der Waals surface area (Å²) in [6.45, 7) is 1.91. The van der Waals surface area contributed by atoms with Crippen LogP contribution in [0.5, 0.6) is 0 Å². The maximum atomic E-state index is 13.7. The summed E-state index contributed by atoms with van der Waals surface area (Å²) in [5.74, 6) is -1.57. The fraction of sp³-hybridized carbons (Fsp3) is 0.367. The fourth-order valence-corrected chi connectivity index (χ4v) is 5.78. The number of hydrogen-bond donors (Lipinski definition) is 2. The van der Waals surface area contributed by atoms with E-state index in [1.807, 2.05) is 37.3 Å². The van der Waals surface area contributed by atoms with Crippen LogP contribution in [0.3, 0.4) is 0 Å². The van der Waals surface area contributed by atoms with Crippen LogP contribution in [0.1, 0.15) is 66.2 Å². The Balaban J connectivity index is 1.39. The smallest absolute Gasteiger partial charge is 0.417 e. The monoisotopic (exact) mass is 522 g/mol. The molecule has 2 saturated carbocycles. The molecule has 1 amide bonds. The van der Waals surface area contributed by atoms with Gasteiger partial charge >= 0.3 is 12.1 Å². The van der Waals surface area contributed by atoms with Crippen molar-refractivity contribution in [2.75, 3.05) is 5.32 Å². The van der Waals surface area contributed by atoms with Gasteiger partial charge in [0.05, 0.1) is 17.4 Å². The number of aliphatic carboxylic acids is 1. The molecule has 2 aromatic carbocycles. The molecule has 2 aliphatic rings. The number of benzene rings is 2. The number of halogens is 3. The van der Waals surface area contributed by atoms with Gasteiger partial charge in [-0.15, -0.1) is 0 Å². The number of carboxylic acid groups (broad SMARTS) is 1. The summed E-state index contributed by atoms with van der Waals surface area (Å²) in [6, 6.07) is 13.8. The predicted octanol–water partition coefficient (Wildman–Crippen LogP) is 7.18. The highest BCUT2D eigenvalue weighted by molar-refractivity contribution is 5.97. The topological polar surface area (TPSA) is 79.3 Å². The number of carbonyl (C=O) groups is 2. The Morgan fingerprint density at radius 2 is 1.74 bits per heavy atom. The molecule has 5 nitrogen and oxygen atoms in total. The van der Waals surface area contributed by atoms with Gasteiger partial charge in [0, 0.05) is 23.6 Å². The largest absolute Gasteiger partial charge is 0.481 e. The highest BCUT2D eigenvalue weighted by Crippen LogP contribution is 2.49. The second kappa shape index (κ2) is 10.2. The number of carboxylic acids is 1. The number of nitrogens with zero attached hydrogens (tertiary/aromatic N) is 1. The van der Waals surface area contributed by atoms with Crippen molar-refractivity contribution in [3.63, 3.8) is 0 Å². The SMILES string of the molecule is Cc1c(NC(=O)C(c2ccc(-c3cncc(C(F)(F)F)c3)cc2)C2CCCC2)cccc1C1CC1C(=O)O. The van der Waals surface area contributed by atoms with Crippen molar-refractivity contribution in [2.24, 2.45) is 11.8 Å². The van der Waals surface area contributed by atoms with E-state index >= 15 is 0 Å². The number of aromatic nitrogens is 1. The molecule has 38 heavy (non-hydrogen) atoms. The lowest BCUT2D eigenvalue weighted by Crippen LogP contribution is -2.27. The standard InChI is InChI=1S/C30H29F3N2O3/c1-17-23(24-14-25(24)29(37)38)7-4-8-26(17)35-28(36)27(19-5-2-3-6-19)20-11-9-18(10-12-20)21-13-22(16-34-15-21)30(31,32)33/h4,7-13,15-16,19,24-25,27H,2-3,5-6,14H2,1H3,(H,35,36)(H,37,38). The summed E-state index contributed by atoms with van der Waals surface area (Å²) in [5.41, 5.74) is 3.48. The van der Waals surface area contributed by atoms with E-state index in [1.165, 1.54) is 6.20 Å². The molecule has 8 heteroatoms. The molecule has 0 bridgehead atoms. The van der Waals surface area contributed by atoms with Gasteiger partial charge in [-0.25, -0.2) is 0 Å². The van der Waals surface area contributed by atoms with Crippen molar-refractivity contribution in [3.8, 4) is 11.1 Å². The highest BCUT2D eigenvalue weighted by Gasteiger charge is 2.45. The lowest BCUT2D eigenvalue weighted by Gasteiger charge is -2.24. The van der Waals surface area contributed by atoms with Gasteiger partial charge in [-0.3, -0.25) is 14.6 Å². The number of amides is 1. The Hall–Kier alpha value is -3.68. The molecule has 5 rings (SSSR count). The van der Waals surface area contributed by atoms with Gasteiger partial charge in [0.25, 0.3) is 0 Å². The minimum atomic E-state index is -4.47. The molecular weight excluding hydrogens is 493 g/mol. The molecule has 2 N–H and O–H groups in total. The van der Waals surface area contributed by atoms with Crippen LogP contribution in [0, 0.1) is 18.8 Å². The Morgan fingerprint density at radius 3 is 2.37 bits per heavy atom. The highest BCUT2D eigenvalue weighted by atomic mass is 19.4. The van der Waals surface area contributed by atoms with Crippen molar-refractivity contribution in [1.29, 1.82) is 0 Å². The van der Waals surface area contributed by atoms with Crippen LogP contribution in [0.2, 0.25) is 0 Å². The first-order valence-corrected chi connectivity index (χ1v) is 12.9. The maximum absolute atomic E-state index is 13.7. The third-order valence-electron chi connectivity index (χ3n) is 7.96. The number of carbonyl (C=O) groups excluding carboxylic acids is 1. The Labute approximate surface area is 219 Å². The first kappa shape index (κ1) is 25.9. The zero-order valence-electron chi connectivity index (χ0n) is 21.0. The van der Waals surface area contributed by atoms with E-state index in [-0.39, 0.29) is 23.7 Å². The van der Waals surface area contributed by atoms with Gasteiger partial charge in [-0.05, 0) is 72.4 Å². The molecule has 0 radical (unpaired) electrons. The summed E-state index contributed by atoms with van der Waals surface area (Å²) in [6.07, 6.45) is 2.29. The molecule has 3 atom stereocenters. The molecular formula is C30H29F3N2O3. The zero-order chi connectivity index (χ0) is 27.0. The van der Waals surface area contributed by atoms with Crippen LogP contribution in [-0.2, 0) is 15.8 Å². The van der Waals surface area contributed by atoms with E-state index in [2.05, 4.69) is 10.3 Å². The van der Waals surface area contributed by atoms with Crippen molar-refractivity contribution in [1.82, 2.24) is 4.98 Å². The molecule has 0 spiro atoms. The van der Waals surface area contributed by atoms with Crippen LogP contribution in [-0.4, -0.2) is 22.0 Å². The van der Waals surface area contributed by atoms with E-state index in [4.69, 9.17) is 0 Å². The second-order valence-corrected chi connectivity index (χ2v) is 10.4. The van der Waals surface area contributed by atoms with Crippen LogP contribution >= 0.6 is 0 Å². The molecule has 3 unspecified atom stereocenters. The number of alkyl halides is 3. The quantitative estimate of drug-likeness (QED) is 0.345. The molecule has 3 aromatic rings. The minimum absolute atomic E-state index is 0.0344. The number of nitrogens with one attached hydrogen (secondary N) is 1. The molecule has 0 aliphatic heterocycles. The number of rotatable bonds is 7. The Morgan fingerprint density at radius 1 is 1.03 bits per heavy atom. The molecule has 198 valence electrons. The van der Waals surface area contributed by atoms with Crippen molar-refractivity contribution in [3.05, 3.63) is 83.2 Å². The van der Waals surface area contributed by atoms with Crippen molar-refractivity contribution >= 4 is 17.6 Å². The van der Waals surface area contributed by atoms with Crippen molar-refractivity contribution < 1.29 is 27.9 Å². The summed E-state index contributed by atoms with van der Waals surface area (Å²) < 4.78 is 39.4. The molecule has 0 saturated heterocycles. The molecule has 1 aromatic heterocycles. The summed E-state index contributed by atoms with van der Waals surface area (Å²) >= 11 is 0. The summed E-state index contributed by atoms with van der Waals surface area (Å²) in [4.78, 5) is 28.8. The van der Waals surface area contributed by atoms with Gasteiger partial charge in [-0.2, -0.15) is 13.2 Å². The second-order valence-electron chi connectivity index (χ2n) is 10.4. The third kappa shape index (κ3) is 5.30. The van der Waals surface area contributed by atoms with Crippen LogP contribution < -0.4 is 5.32 Å². The zero-order valence-corrected chi connectivity index (χ0v) is 21.0. The van der Waals surface area contributed by atoms with Gasteiger partial charge in [0.15, 0.2) is 0 Å². The predicted molar refractivity (Wildman–Crippen MR) is 138 cm³/mol. The van der Waals surface area contributed by atoms with E-state index in [0.29, 0.717) is 23.2 Å². The van der Waals surface area contributed by atoms with Gasteiger partial charge in [-0.1, -0.05) is 49.2 Å². The van der Waals surface area contributed by atoms with Crippen LogP contribution in [0.25, 0.3) is 11.1 Å². The first-order valence-electron chi connectivity index (χ1n) is 12.9. The Kier molecular flexibility index (Phi) is 6.99. The fourth-order valence-electron chi connectivity index (χ4n) is 5.78. The first-order chi connectivity index (χ1) is 18.1. The van der Waals surface area contributed by atoms with E-state index in [9.17, 15) is 27.9 Å². The average Bonchev–Trinajstić information content (AvgIpc) is 3.52. The summed E-state index contributed by atoms with van der Waals surface area (Å²) in [7, 11) is 0. The van der Waals surface area contributed by atoms with Gasteiger partial charge < -0.3 is 10.4 Å². The van der Waals surface area contributed by atoms with Crippen LogP contribution in [0.4, 0.5) is 18.9 Å². The van der Waals surface area contributed by atoms with E-state index < -0.39 is 23.6 Å². The number of pyridine rings is 1. The van der Waals surface area contributed by atoms with Crippen LogP contribution in [0.15, 0.2) is 60.9 Å². The number of anilines is 1. The molecule has 2 fully saturated rings. The molecule has 2 aliphatic carbocycles. The van der Waals surface area contributed by atoms with E-state index in [0.717, 1.165) is 54.6 Å².